The molecule has 2 aromatic rings. The number of rotatable bonds is 4. The van der Waals surface area contributed by atoms with E-state index in [1.807, 2.05) is 0 Å². The smallest absolute Gasteiger partial charge is 0.135 e. The van der Waals surface area contributed by atoms with Gasteiger partial charge >= 0.3 is 0 Å². The van der Waals surface area contributed by atoms with E-state index in [1.54, 1.807) is 0 Å². The third-order valence-corrected chi connectivity index (χ3v) is 4.11. The molecule has 0 unspecified atom stereocenters. The molecule has 0 atom stereocenters. The van der Waals surface area contributed by atoms with Crippen LogP contribution in [0, 0.1) is 13.8 Å². The molecule has 1 fully saturated rings. The Bertz CT molecular complexity index is 576. The molecule has 1 aliphatic rings. The molecule has 1 aromatic heterocycles. The number of halogens is 1. The summed E-state index contributed by atoms with van der Waals surface area (Å²) in [5, 5.41) is 3.47. The predicted octanol–water partition coefficient (Wildman–Crippen LogP) is 4.58. The molecule has 3 heteroatoms. The molecule has 1 N–H and O–H groups in total. The third-order valence-electron chi connectivity index (χ3n) is 3.48. The average Bonchev–Trinajstić information content (AvgIpc) is 3.05. The minimum atomic E-state index is 0.710. The van der Waals surface area contributed by atoms with Crippen molar-refractivity contribution in [2.24, 2.45) is 0 Å². The zero-order valence-electron chi connectivity index (χ0n) is 11.3. The molecule has 0 bridgehead atoms. The van der Waals surface area contributed by atoms with Gasteiger partial charge in [-0.25, -0.2) is 0 Å². The summed E-state index contributed by atoms with van der Waals surface area (Å²) in [6, 6.07) is 9.15. The highest BCUT2D eigenvalue weighted by Crippen LogP contribution is 2.33. The maximum atomic E-state index is 5.96. The normalized spacial score (nSPS) is 14.9. The van der Waals surface area contributed by atoms with Crippen molar-refractivity contribution in [1.82, 2.24) is 5.32 Å². The van der Waals surface area contributed by atoms with Crippen molar-refractivity contribution >= 4 is 15.9 Å². The average molecular weight is 320 g/mol. The van der Waals surface area contributed by atoms with Gasteiger partial charge in [0, 0.05) is 16.1 Å². The van der Waals surface area contributed by atoms with Gasteiger partial charge in [-0.3, -0.25) is 0 Å². The van der Waals surface area contributed by atoms with E-state index in [0.717, 1.165) is 28.1 Å². The number of hydrogen-bond acceptors (Lipinski definition) is 2. The van der Waals surface area contributed by atoms with E-state index in [-0.39, 0.29) is 0 Å². The predicted molar refractivity (Wildman–Crippen MR) is 81.2 cm³/mol. The Kier molecular flexibility index (Phi) is 3.50. The monoisotopic (exact) mass is 319 g/mol. The van der Waals surface area contributed by atoms with E-state index in [2.05, 4.69) is 59.4 Å². The molecule has 0 spiro atoms. The molecule has 0 radical (unpaired) electrons. The van der Waals surface area contributed by atoms with Crippen LogP contribution < -0.4 is 5.32 Å². The Hall–Kier alpha value is -1.06. The molecule has 1 aromatic carbocycles. The Labute approximate surface area is 122 Å². The van der Waals surface area contributed by atoms with Crippen LogP contribution in [0.4, 0.5) is 0 Å². The van der Waals surface area contributed by atoms with Gasteiger partial charge in [-0.05, 0) is 56.0 Å². The van der Waals surface area contributed by atoms with E-state index in [0.29, 0.717) is 6.04 Å². The van der Waals surface area contributed by atoms with Gasteiger partial charge in [0.15, 0.2) is 0 Å². The highest BCUT2D eigenvalue weighted by Gasteiger charge is 2.20. The number of nitrogens with one attached hydrogen (secondary N) is 1. The summed E-state index contributed by atoms with van der Waals surface area (Å²) >= 11 is 3.64. The second-order valence-electron chi connectivity index (χ2n) is 5.36. The van der Waals surface area contributed by atoms with Crippen molar-refractivity contribution in [1.29, 1.82) is 0 Å². The molecular weight excluding hydrogens is 302 g/mol. The van der Waals surface area contributed by atoms with E-state index in [9.17, 15) is 0 Å². The van der Waals surface area contributed by atoms with Gasteiger partial charge < -0.3 is 9.73 Å². The first-order chi connectivity index (χ1) is 9.13. The molecule has 1 heterocycles. The highest BCUT2D eigenvalue weighted by atomic mass is 79.9. The second-order valence-corrected chi connectivity index (χ2v) is 6.21. The number of aryl methyl sites for hydroxylation is 2. The van der Waals surface area contributed by atoms with Gasteiger partial charge in [0.25, 0.3) is 0 Å². The zero-order valence-corrected chi connectivity index (χ0v) is 12.9. The lowest BCUT2D eigenvalue weighted by atomic mass is 10.0. The van der Waals surface area contributed by atoms with Crippen molar-refractivity contribution < 1.29 is 4.42 Å². The van der Waals surface area contributed by atoms with Gasteiger partial charge in [0.05, 0.1) is 6.54 Å². The van der Waals surface area contributed by atoms with Gasteiger partial charge in [-0.2, -0.15) is 0 Å². The molecule has 2 nitrogen and oxygen atoms in total. The third kappa shape index (κ3) is 2.93. The maximum absolute atomic E-state index is 5.96. The first-order valence-corrected chi connectivity index (χ1v) is 7.52. The molecule has 0 aliphatic heterocycles. The quantitative estimate of drug-likeness (QED) is 0.892. The van der Waals surface area contributed by atoms with Crippen molar-refractivity contribution in [3.8, 4) is 11.3 Å². The summed E-state index contributed by atoms with van der Waals surface area (Å²) in [5.41, 5.74) is 3.65. The lowest BCUT2D eigenvalue weighted by molar-refractivity contribution is 0.492. The molecule has 1 aliphatic carbocycles. The van der Waals surface area contributed by atoms with Crippen molar-refractivity contribution in [3.05, 3.63) is 45.6 Å². The van der Waals surface area contributed by atoms with Crippen LogP contribution in [0.3, 0.4) is 0 Å². The molecule has 3 rings (SSSR count). The van der Waals surface area contributed by atoms with Crippen molar-refractivity contribution in [2.45, 2.75) is 39.3 Å². The minimum Gasteiger partial charge on any atom is -0.460 e. The van der Waals surface area contributed by atoms with E-state index >= 15 is 0 Å². The Morgan fingerprint density at radius 2 is 2.05 bits per heavy atom. The summed E-state index contributed by atoms with van der Waals surface area (Å²) < 4.78 is 7.06. The van der Waals surface area contributed by atoms with E-state index in [4.69, 9.17) is 4.42 Å². The Morgan fingerprint density at radius 1 is 1.26 bits per heavy atom. The van der Waals surface area contributed by atoms with Crippen LogP contribution in [0.5, 0.6) is 0 Å². The van der Waals surface area contributed by atoms with Gasteiger partial charge in [0.1, 0.15) is 11.5 Å². The Balaban J connectivity index is 1.85. The standard InChI is InChI=1S/C16H18BrNO/c1-10-7-11(2)16(14(17)8-10)15-6-5-13(19-15)9-18-12-3-4-12/h5-8,12,18H,3-4,9H2,1-2H3. The lowest BCUT2D eigenvalue weighted by Crippen LogP contribution is -2.14. The fourth-order valence-corrected chi connectivity index (χ4v) is 3.24. The molecule has 19 heavy (non-hydrogen) atoms. The summed E-state index contributed by atoms with van der Waals surface area (Å²) in [6.07, 6.45) is 2.60. The fraction of sp³-hybridized carbons (Fsp3) is 0.375. The summed E-state index contributed by atoms with van der Waals surface area (Å²) in [7, 11) is 0. The second kappa shape index (κ2) is 5.14. The Morgan fingerprint density at radius 3 is 2.74 bits per heavy atom. The van der Waals surface area contributed by atoms with Gasteiger partial charge in [-0.15, -0.1) is 0 Å². The van der Waals surface area contributed by atoms with Crippen LogP contribution in [0.15, 0.2) is 33.2 Å². The summed E-state index contributed by atoms with van der Waals surface area (Å²) in [6.45, 7) is 5.06. The number of furan rings is 1. The topological polar surface area (TPSA) is 25.2 Å². The zero-order chi connectivity index (χ0) is 13.4. The van der Waals surface area contributed by atoms with Crippen LogP contribution in [-0.2, 0) is 6.54 Å². The van der Waals surface area contributed by atoms with Crippen LogP contribution >= 0.6 is 15.9 Å². The lowest BCUT2D eigenvalue weighted by Gasteiger charge is -2.07. The fourth-order valence-electron chi connectivity index (χ4n) is 2.37. The number of benzene rings is 1. The minimum absolute atomic E-state index is 0.710. The van der Waals surface area contributed by atoms with E-state index in [1.165, 1.54) is 24.0 Å². The summed E-state index contributed by atoms with van der Waals surface area (Å²) in [4.78, 5) is 0. The van der Waals surface area contributed by atoms with E-state index < -0.39 is 0 Å². The van der Waals surface area contributed by atoms with Crippen LogP contribution in [0.25, 0.3) is 11.3 Å². The molecule has 100 valence electrons. The molecule has 1 saturated carbocycles. The van der Waals surface area contributed by atoms with Crippen LogP contribution in [0.2, 0.25) is 0 Å². The van der Waals surface area contributed by atoms with Gasteiger partial charge in [-0.1, -0.05) is 22.0 Å². The van der Waals surface area contributed by atoms with Crippen LogP contribution in [0.1, 0.15) is 29.7 Å². The first-order valence-electron chi connectivity index (χ1n) is 6.72. The molecule has 0 amide bonds. The van der Waals surface area contributed by atoms with Crippen molar-refractivity contribution in [3.63, 3.8) is 0 Å². The molecular formula is C16H18BrNO. The highest BCUT2D eigenvalue weighted by molar-refractivity contribution is 9.10. The largest absolute Gasteiger partial charge is 0.460 e. The van der Waals surface area contributed by atoms with Gasteiger partial charge in [0.2, 0.25) is 0 Å². The van der Waals surface area contributed by atoms with Crippen LogP contribution in [-0.4, -0.2) is 6.04 Å². The molecule has 0 saturated heterocycles. The maximum Gasteiger partial charge on any atom is 0.135 e. The SMILES string of the molecule is Cc1cc(C)c(-c2ccc(CNC3CC3)o2)c(Br)c1. The first kappa shape index (κ1) is 12.9. The number of hydrogen-bond donors (Lipinski definition) is 1. The van der Waals surface area contributed by atoms with Crippen molar-refractivity contribution in [2.75, 3.05) is 0 Å². The summed E-state index contributed by atoms with van der Waals surface area (Å²) in [5.74, 6) is 1.95.